The third-order valence-electron chi connectivity index (χ3n) is 5.82. The van der Waals surface area contributed by atoms with Crippen LogP contribution >= 0.6 is 0 Å². The molecule has 0 radical (unpaired) electrons. The molecule has 1 unspecified atom stereocenters. The van der Waals surface area contributed by atoms with E-state index in [1.165, 1.54) is 7.11 Å². The van der Waals surface area contributed by atoms with Crippen molar-refractivity contribution in [1.82, 2.24) is 16.0 Å². The third-order valence-corrected chi connectivity index (χ3v) is 5.82. The van der Waals surface area contributed by atoms with E-state index in [1.54, 1.807) is 6.08 Å². The van der Waals surface area contributed by atoms with E-state index < -0.39 is 12.1 Å². The van der Waals surface area contributed by atoms with Crippen molar-refractivity contribution in [2.24, 2.45) is 5.92 Å². The third kappa shape index (κ3) is 8.84. The van der Waals surface area contributed by atoms with Crippen LogP contribution in [-0.4, -0.2) is 62.9 Å². The molecule has 0 saturated carbocycles. The predicted molar refractivity (Wildman–Crippen MR) is 136 cm³/mol. The topological polar surface area (TPSA) is 118 Å². The fourth-order valence-corrected chi connectivity index (χ4v) is 3.98. The molecule has 1 aliphatic rings. The van der Waals surface area contributed by atoms with Gasteiger partial charge in [-0.1, -0.05) is 36.4 Å². The molecule has 35 heavy (non-hydrogen) atoms. The van der Waals surface area contributed by atoms with Crippen LogP contribution in [0.3, 0.4) is 0 Å². The van der Waals surface area contributed by atoms with E-state index >= 15 is 0 Å². The van der Waals surface area contributed by atoms with Crippen molar-refractivity contribution in [2.75, 3.05) is 32.1 Å². The summed E-state index contributed by atoms with van der Waals surface area (Å²) < 4.78 is 10.6. The lowest BCUT2D eigenvalue weighted by atomic mass is 9.94. The number of benzene rings is 1. The molecule has 1 heterocycles. The number of ether oxygens (including phenoxy) is 2. The number of anilines is 1. The SMILES string of the molecule is C=CC[C@H](/C=C/C)C(NC(=O)OC)C(=O)Nc1ccccc1CC[C@@H]1CN[C@H](C(=O)NCC)CO1. The largest absolute Gasteiger partial charge is 0.453 e. The molecule has 9 nitrogen and oxygen atoms in total. The van der Waals surface area contributed by atoms with Crippen molar-refractivity contribution in [1.29, 1.82) is 0 Å². The molecule has 4 N–H and O–H groups in total. The second-order valence-corrected chi connectivity index (χ2v) is 8.32. The Labute approximate surface area is 207 Å². The summed E-state index contributed by atoms with van der Waals surface area (Å²) in [6.45, 7) is 9.00. The maximum absolute atomic E-state index is 13.2. The Kier molecular flexibility index (Phi) is 12.0. The van der Waals surface area contributed by atoms with E-state index in [9.17, 15) is 14.4 Å². The first kappa shape index (κ1) is 28.1. The van der Waals surface area contributed by atoms with Gasteiger partial charge in [-0.25, -0.2) is 4.79 Å². The number of amides is 3. The van der Waals surface area contributed by atoms with Gasteiger partial charge in [-0.2, -0.15) is 0 Å². The van der Waals surface area contributed by atoms with Crippen LogP contribution in [-0.2, 0) is 25.5 Å². The summed E-state index contributed by atoms with van der Waals surface area (Å²) in [5, 5.41) is 11.7. The van der Waals surface area contributed by atoms with Crippen LogP contribution in [0, 0.1) is 5.92 Å². The molecule has 1 aliphatic heterocycles. The zero-order chi connectivity index (χ0) is 25.6. The van der Waals surface area contributed by atoms with E-state index in [-0.39, 0.29) is 29.9 Å². The van der Waals surface area contributed by atoms with Gasteiger partial charge in [0.05, 0.1) is 19.8 Å². The Balaban J connectivity index is 2.04. The highest BCUT2D eigenvalue weighted by Crippen LogP contribution is 2.21. The molecule has 3 amide bonds. The smallest absolute Gasteiger partial charge is 0.407 e. The highest BCUT2D eigenvalue weighted by Gasteiger charge is 2.29. The van der Waals surface area contributed by atoms with Crippen molar-refractivity contribution < 1.29 is 23.9 Å². The molecular formula is C26H38N4O5. The monoisotopic (exact) mass is 486 g/mol. The first-order chi connectivity index (χ1) is 16.9. The second kappa shape index (κ2) is 15.0. The van der Waals surface area contributed by atoms with Gasteiger partial charge >= 0.3 is 6.09 Å². The molecule has 9 heteroatoms. The summed E-state index contributed by atoms with van der Waals surface area (Å²) in [6, 6.07) is 6.40. The van der Waals surface area contributed by atoms with Crippen molar-refractivity contribution in [3.63, 3.8) is 0 Å². The number of alkyl carbamates (subject to hydrolysis) is 1. The fraction of sp³-hybridized carbons (Fsp3) is 0.500. The predicted octanol–water partition coefficient (Wildman–Crippen LogP) is 2.54. The van der Waals surface area contributed by atoms with Crippen LogP contribution in [0.5, 0.6) is 0 Å². The number of nitrogens with one attached hydrogen (secondary N) is 4. The highest BCUT2D eigenvalue weighted by atomic mass is 16.5. The molecule has 0 aliphatic carbocycles. The maximum atomic E-state index is 13.2. The van der Waals surface area contributed by atoms with Crippen LogP contribution in [0.2, 0.25) is 0 Å². The summed E-state index contributed by atoms with van der Waals surface area (Å²) in [5.41, 5.74) is 1.63. The van der Waals surface area contributed by atoms with Gasteiger partial charge in [-0.15, -0.1) is 6.58 Å². The number of hydrogen-bond donors (Lipinski definition) is 4. The fourth-order valence-electron chi connectivity index (χ4n) is 3.98. The summed E-state index contributed by atoms with van der Waals surface area (Å²) >= 11 is 0. The van der Waals surface area contributed by atoms with E-state index in [0.29, 0.717) is 38.2 Å². The summed E-state index contributed by atoms with van der Waals surface area (Å²) in [5.74, 6) is -0.668. The van der Waals surface area contributed by atoms with Gasteiger partial charge in [0.25, 0.3) is 0 Å². The van der Waals surface area contributed by atoms with Gasteiger partial charge in [-0.05, 0) is 44.7 Å². The number of hydrogen-bond acceptors (Lipinski definition) is 6. The minimum atomic E-state index is -0.832. The lowest BCUT2D eigenvalue weighted by Crippen LogP contribution is -2.54. The lowest BCUT2D eigenvalue weighted by molar-refractivity contribution is -0.127. The highest BCUT2D eigenvalue weighted by molar-refractivity contribution is 5.97. The van der Waals surface area contributed by atoms with Gasteiger partial charge in [0, 0.05) is 24.7 Å². The van der Waals surface area contributed by atoms with Gasteiger partial charge < -0.3 is 30.7 Å². The normalized spacial score (nSPS) is 19.4. The number of para-hydroxylation sites is 1. The summed E-state index contributed by atoms with van der Waals surface area (Å²) in [4.78, 5) is 37.1. The lowest BCUT2D eigenvalue weighted by Gasteiger charge is -2.29. The molecular weight excluding hydrogens is 448 g/mol. The number of aryl methyl sites for hydroxylation is 1. The zero-order valence-corrected chi connectivity index (χ0v) is 20.8. The minimum Gasteiger partial charge on any atom is -0.453 e. The molecule has 0 spiro atoms. The first-order valence-electron chi connectivity index (χ1n) is 12.0. The van der Waals surface area contributed by atoms with E-state index in [2.05, 4.69) is 27.8 Å². The maximum Gasteiger partial charge on any atom is 0.407 e. The Morgan fingerprint density at radius 3 is 2.71 bits per heavy atom. The van der Waals surface area contributed by atoms with Crippen LogP contribution < -0.4 is 21.3 Å². The molecule has 1 saturated heterocycles. The number of rotatable bonds is 12. The van der Waals surface area contributed by atoms with E-state index in [1.807, 2.05) is 50.3 Å². The molecule has 1 aromatic carbocycles. The van der Waals surface area contributed by atoms with Crippen molar-refractivity contribution in [3.05, 3.63) is 54.6 Å². The molecule has 1 aromatic rings. The Morgan fingerprint density at radius 1 is 1.31 bits per heavy atom. The number of likely N-dealkylation sites (N-methyl/N-ethyl adjacent to an activating group) is 1. The minimum absolute atomic E-state index is 0.0372. The summed E-state index contributed by atoms with van der Waals surface area (Å²) in [6.07, 6.45) is 6.63. The van der Waals surface area contributed by atoms with E-state index in [4.69, 9.17) is 9.47 Å². The average molecular weight is 487 g/mol. The van der Waals surface area contributed by atoms with Crippen molar-refractivity contribution in [2.45, 2.75) is 51.3 Å². The van der Waals surface area contributed by atoms with Gasteiger partial charge in [0.15, 0.2) is 0 Å². The molecule has 192 valence electrons. The molecule has 0 aromatic heterocycles. The van der Waals surface area contributed by atoms with Gasteiger partial charge in [0.1, 0.15) is 12.1 Å². The average Bonchev–Trinajstić information content (AvgIpc) is 2.87. The standard InChI is InChI=1S/C26H38N4O5/c1-5-10-19(11-6-2)23(30-26(33)34-4)25(32)29-21-13-9-8-12-18(21)14-15-20-16-28-22(17-35-20)24(31)27-7-3/h5-6,8-9,11-13,19-20,22-23,28H,1,7,10,14-17H2,2-4H3,(H,27,31)(H,29,32)(H,30,33)/b11-6+/t19-,20-,22+,23?/m1/s1. The Bertz CT molecular complexity index is 880. The molecule has 4 atom stereocenters. The second-order valence-electron chi connectivity index (χ2n) is 8.32. The number of morpholine rings is 1. The van der Waals surface area contributed by atoms with E-state index in [0.717, 1.165) is 12.0 Å². The van der Waals surface area contributed by atoms with Crippen LogP contribution in [0.15, 0.2) is 49.1 Å². The van der Waals surface area contributed by atoms with Gasteiger partial charge in [0.2, 0.25) is 11.8 Å². The first-order valence-corrected chi connectivity index (χ1v) is 12.0. The number of carbonyl (C=O) groups is 3. The van der Waals surface area contributed by atoms with Crippen LogP contribution in [0.1, 0.15) is 32.3 Å². The molecule has 0 bridgehead atoms. The summed E-state index contributed by atoms with van der Waals surface area (Å²) in [7, 11) is 1.26. The Hall–Kier alpha value is -3.17. The van der Waals surface area contributed by atoms with Gasteiger partial charge in [-0.3, -0.25) is 9.59 Å². The molecule has 2 rings (SSSR count). The van der Waals surface area contributed by atoms with Crippen LogP contribution in [0.4, 0.5) is 10.5 Å². The number of carbonyl (C=O) groups excluding carboxylic acids is 3. The quantitative estimate of drug-likeness (QED) is 0.337. The van der Waals surface area contributed by atoms with Crippen LogP contribution in [0.25, 0.3) is 0 Å². The Morgan fingerprint density at radius 2 is 2.09 bits per heavy atom. The zero-order valence-electron chi connectivity index (χ0n) is 20.8. The number of methoxy groups -OCH3 is 1. The number of allylic oxidation sites excluding steroid dienone is 2. The van der Waals surface area contributed by atoms with Crippen molar-refractivity contribution >= 4 is 23.6 Å². The molecule has 1 fully saturated rings. The van der Waals surface area contributed by atoms with Crippen molar-refractivity contribution in [3.8, 4) is 0 Å².